The Hall–Kier alpha value is -0.670. The maximum Gasteiger partial charge on any atom is 0.123 e. The molecule has 1 aromatic rings. The van der Waals surface area contributed by atoms with Gasteiger partial charge in [0.05, 0.1) is 5.60 Å². The average molecular weight is 311 g/mol. The van der Waals surface area contributed by atoms with E-state index >= 15 is 0 Å². The molecule has 0 radical (unpaired) electrons. The van der Waals surface area contributed by atoms with Crippen molar-refractivity contribution in [1.82, 2.24) is 0 Å². The van der Waals surface area contributed by atoms with E-state index in [9.17, 15) is 10.2 Å². The Bertz CT molecular complexity index is 464. The molecule has 0 aromatic heterocycles. The molecule has 0 saturated carbocycles. The van der Waals surface area contributed by atoms with Gasteiger partial charge in [-0.05, 0) is 36.8 Å². The third kappa shape index (κ3) is 5.23. The van der Waals surface area contributed by atoms with Crippen LogP contribution in [0.2, 0.25) is 0 Å². The minimum atomic E-state index is -0.702. The summed E-state index contributed by atoms with van der Waals surface area (Å²) in [4.78, 5) is 1.10. The molecule has 0 aliphatic heterocycles. The quantitative estimate of drug-likeness (QED) is 0.784. The lowest BCUT2D eigenvalue weighted by Crippen LogP contribution is -2.22. The minimum Gasteiger partial charge on any atom is -0.507 e. The van der Waals surface area contributed by atoms with E-state index < -0.39 is 5.60 Å². The van der Waals surface area contributed by atoms with Crippen LogP contribution in [0.15, 0.2) is 17.0 Å². The first-order valence-electron chi connectivity index (χ1n) is 7.45. The summed E-state index contributed by atoms with van der Waals surface area (Å²) in [6.07, 6.45) is 0. The van der Waals surface area contributed by atoms with Gasteiger partial charge in [-0.2, -0.15) is 0 Å². The van der Waals surface area contributed by atoms with Gasteiger partial charge < -0.3 is 10.2 Å². The normalized spacial score (nSPS) is 13.6. The van der Waals surface area contributed by atoms with Gasteiger partial charge >= 0.3 is 0 Å². The number of hydrogen-bond donors (Lipinski definition) is 2. The zero-order valence-electron chi connectivity index (χ0n) is 14.7. The second-order valence-electron chi connectivity index (χ2n) is 8.47. The summed E-state index contributed by atoms with van der Waals surface area (Å²) in [5, 5.41) is 20.6. The summed E-state index contributed by atoms with van der Waals surface area (Å²) in [5.74, 6) is 1.04. The lowest BCUT2D eigenvalue weighted by atomic mass is 9.79. The third-order valence-electron chi connectivity index (χ3n) is 3.29. The van der Waals surface area contributed by atoms with Crippen LogP contribution in [0.25, 0.3) is 0 Å². The highest BCUT2D eigenvalue weighted by Crippen LogP contribution is 2.42. The largest absolute Gasteiger partial charge is 0.507 e. The van der Waals surface area contributed by atoms with Crippen LogP contribution >= 0.6 is 11.8 Å². The topological polar surface area (TPSA) is 40.5 Å². The number of phenolic OH excluding ortho intramolecular Hbond substituents is 1. The molecule has 0 aliphatic carbocycles. The highest BCUT2D eigenvalue weighted by atomic mass is 32.2. The number of benzene rings is 1. The molecule has 21 heavy (non-hydrogen) atoms. The smallest absolute Gasteiger partial charge is 0.123 e. The molecule has 3 heteroatoms. The molecule has 0 heterocycles. The van der Waals surface area contributed by atoms with Crippen molar-refractivity contribution in [2.24, 2.45) is 0 Å². The molecular weight excluding hydrogens is 280 g/mol. The molecule has 0 saturated heterocycles. The number of rotatable bonds is 3. The van der Waals surface area contributed by atoms with Gasteiger partial charge in [0.15, 0.2) is 0 Å². The van der Waals surface area contributed by atoms with Gasteiger partial charge in [0.1, 0.15) is 5.75 Å². The van der Waals surface area contributed by atoms with E-state index in [-0.39, 0.29) is 10.8 Å². The SMILES string of the molecule is CC(C)(O)CSc1cc(C(C)(C)C)c(O)c(C(C)(C)C)c1. The first-order chi connectivity index (χ1) is 9.22. The fourth-order valence-electron chi connectivity index (χ4n) is 2.09. The van der Waals surface area contributed by atoms with Crippen LogP contribution < -0.4 is 0 Å². The Morgan fingerprint density at radius 1 is 0.857 bits per heavy atom. The zero-order chi connectivity index (χ0) is 16.6. The van der Waals surface area contributed by atoms with E-state index in [4.69, 9.17) is 0 Å². The van der Waals surface area contributed by atoms with Crippen LogP contribution in [0.4, 0.5) is 0 Å². The lowest BCUT2D eigenvalue weighted by Gasteiger charge is -2.28. The maximum absolute atomic E-state index is 10.7. The van der Waals surface area contributed by atoms with E-state index in [1.165, 1.54) is 0 Å². The fourth-order valence-corrected chi connectivity index (χ4v) is 3.02. The summed E-state index contributed by atoms with van der Waals surface area (Å²) >= 11 is 1.64. The summed E-state index contributed by atoms with van der Waals surface area (Å²) in [6.45, 7) is 16.3. The van der Waals surface area contributed by atoms with Crippen molar-refractivity contribution in [3.8, 4) is 5.75 Å². The molecule has 0 unspecified atom stereocenters. The number of aromatic hydroxyl groups is 1. The molecule has 1 rings (SSSR count). The zero-order valence-corrected chi connectivity index (χ0v) is 15.5. The molecule has 2 N–H and O–H groups in total. The van der Waals surface area contributed by atoms with Gasteiger partial charge in [0.2, 0.25) is 0 Å². The number of phenols is 1. The van der Waals surface area contributed by atoms with E-state index in [0.29, 0.717) is 11.5 Å². The molecule has 0 aliphatic rings. The Labute approximate surface area is 134 Å². The predicted octanol–water partition coefficient (Wildman–Crippen LogP) is 4.85. The molecule has 120 valence electrons. The van der Waals surface area contributed by atoms with Gasteiger partial charge in [-0.25, -0.2) is 0 Å². The van der Waals surface area contributed by atoms with Crippen molar-refractivity contribution in [3.05, 3.63) is 23.3 Å². The molecule has 2 nitrogen and oxygen atoms in total. The second kappa shape index (κ2) is 5.85. The van der Waals surface area contributed by atoms with Crippen LogP contribution in [0.3, 0.4) is 0 Å². The summed E-state index contributed by atoms with van der Waals surface area (Å²) in [6, 6.07) is 4.11. The third-order valence-corrected chi connectivity index (χ3v) is 4.71. The summed E-state index contributed by atoms with van der Waals surface area (Å²) in [5.41, 5.74) is 0.998. The maximum atomic E-state index is 10.7. The highest BCUT2D eigenvalue weighted by Gasteiger charge is 2.27. The van der Waals surface area contributed by atoms with Crippen molar-refractivity contribution in [2.45, 2.75) is 76.7 Å². The Kier molecular flexibility index (Phi) is 5.12. The van der Waals surface area contributed by atoms with Crippen LogP contribution in [-0.4, -0.2) is 21.6 Å². The molecule has 0 atom stereocenters. The Balaban J connectivity index is 3.34. The summed E-state index contributed by atoms with van der Waals surface area (Å²) < 4.78 is 0. The highest BCUT2D eigenvalue weighted by molar-refractivity contribution is 7.99. The van der Waals surface area contributed by atoms with Crippen molar-refractivity contribution in [3.63, 3.8) is 0 Å². The first-order valence-corrected chi connectivity index (χ1v) is 8.43. The van der Waals surface area contributed by atoms with E-state index in [2.05, 4.69) is 53.7 Å². The fraction of sp³-hybridized carbons (Fsp3) is 0.667. The Morgan fingerprint density at radius 2 is 1.24 bits per heavy atom. The van der Waals surface area contributed by atoms with Gasteiger partial charge in [-0.15, -0.1) is 11.8 Å². The number of thioether (sulfide) groups is 1. The average Bonchev–Trinajstić information content (AvgIpc) is 2.23. The molecule has 0 bridgehead atoms. The molecule has 0 spiro atoms. The monoisotopic (exact) mass is 310 g/mol. The van der Waals surface area contributed by atoms with Gasteiger partial charge in [-0.1, -0.05) is 41.5 Å². The van der Waals surface area contributed by atoms with Gasteiger partial charge in [0, 0.05) is 21.8 Å². The molecule has 1 aromatic carbocycles. The van der Waals surface area contributed by atoms with Crippen LogP contribution in [0, 0.1) is 0 Å². The number of hydrogen-bond acceptors (Lipinski definition) is 3. The standard InChI is InChI=1S/C18H30O2S/c1-16(2,3)13-9-12(21-11-18(7,8)20)10-14(15(13)19)17(4,5)6/h9-10,19-20H,11H2,1-8H3. The number of aliphatic hydroxyl groups is 1. The van der Waals surface area contributed by atoms with Crippen molar-refractivity contribution >= 4 is 11.8 Å². The summed E-state index contributed by atoms with van der Waals surface area (Å²) in [7, 11) is 0. The van der Waals surface area contributed by atoms with Crippen LogP contribution in [-0.2, 0) is 10.8 Å². The lowest BCUT2D eigenvalue weighted by molar-refractivity contribution is 0.107. The Morgan fingerprint density at radius 3 is 1.52 bits per heavy atom. The second-order valence-corrected chi connectivity index (χ2v) is 9.52. The van der Waals surface area contributed by atoms with E-state index in [1.807, 2.05) is 13.8 Å². The van der Waals surface area contributed by atoms with Crippen LogP contribution in [0.1, 0.15) is 66.5 Å². The van der Waals surface area contributed by atoms with Crippen molar-refractivity contribution in [2.75, 3.05) is 5.75 Å². The first kappa shape index (κ1) is 18.4. The van der Waals surface area contributed by atoms with E-state index in [1.54, 1.807) is 11.8 Å². The molecule has 0 fully saturated rings. The molecular formula is C18H30O2S. The molecule has 0 amide bonds. The van der Waals surface area contributed by atoms with Crippen molar-refractivity contribution < 1.29 is 10.2 Å². The minimum absolute atomic E-state index is 0.116. The van der Waals surface area contributed by atoms with Gasteiger partial charge in [-0.3, -0.25) is 0 Å². The van der Waals surface area contributed by atoms with E-state index in [0.717, 1.165) is 16.0 Å². The van der Waals surface area contributed by atoms with Crippen LogP contribution in [0.5, 0.6) is 5.75 Å². The predicted molar refractivity (Wildman–Crippen MR) is 92.5 cm³/mol. The van der Waals surface area contributed by atoms with Gasteiger partial charge in [0.25, 0.3) is 0 Å². The van der Waals surface area contributed by atoms with Crippen molar-refractivity contribution in [1.29, 1.82) is 0 Å².